The summed E-state index contributed by atoms with van der Waals surface area (Å²) in [5.41, 5.74) is 0. The minimum Gasteiger partial charge on any atom is -0.497 e. The quantitative estimate of drug-likeness (QED) is 0.462. The van der Waals surface area contributed by atoms with Crippen LogP contribution in [0.4, 0.5) is 0 Å². The molecule has 0 spiro atoms. The zero-order chi connectivity index (χ0) is 25.2. The first-order chi connectivity index (χ1) is 16.6. The highest BCUT2D eigenvalue weighted by Gasteiger charge is 2.42. The molecule has 3 aromatic carbocycles. The van der Waals surface area contributed by atoms with Gasteiger partial charge in [-0.25, -0.2) is 21.6 Å². The van der Waals surface area contributed by atoms with Crippen LogP contribution in [0.15, 0.2) is 88.7 Å². The largest absolute Gasteiger partial charge is 0.497 e. The molecular weight excluding hydrogens is 492 g/mol. The predicted molar refractivity (Wildman–Crippen MR) is 130 cm³/mol. The summed E-state index contributed by atoms with van der Waals surface area (Å²) in [6, 6.07) is 14.4. The maximum absolute atomic E-state index is 13.4. The van der Waals surface area contributed by atoms with Gasteiger partial charge in [-0.1, -0.05) is 42.5 Å². The number of rotatable bonds is 7. The van der Waals surface area contributed by atoms with Crippen molar-refractivity contribution in [1.82, 2.24) is 9.03 Å². The Balaban J connectivity index is 1.69. The van der Waals surface area contributed by atoms with E-state index in [2.05, 4.69) is 4.72 Å². The first-order valence-corrected chi connectivity index (χ1v) is 13.6. The molecule has 2 atom stereocenters. The van der Waals surface area contributed by atoms with Crippen molar-refractivity contribution < 1.29 is 31.5 Å². The molecule has 0 bridgehead atoms. The van der Waals surface area contributed by atoms with Crippen LogP contribution >= 0.6 is 0 Å². The third-order valence-electron chi connectivity index (χ3n) is 5.79. The molecule has 0 amide bonds. The number of benzene rings is 3. The van der Waals surface area contributed by atoms with E-state index < -0.39 is 38.1 Å². The van der Waals surface area contributed by atoms with Crippen LogP contribution in [-0.4, -0.2) is 58.0 Å². The summed E-state index contributed by atoms with van der Waals surface area (Å²) in [4.78, 5) is 12.1. The number of methoxy groups -OCH3 is 1. The van der Waals surface area contributed by atoms with Crippen molar-refractivity contribution in [3.63, 3.8) is 0 Å². The number of aliphatic carboxylic acids is 1. The van der Waals surface area contributed by atoms with Gasteiger partial charge in [0, 0.05) is 6.54 Å². The van der Waals surface area contributed by atoms with Gasteiger partial charge in [0.25, 0.3) is 0 Å². The zero-order valence-electron chi connectivity index (χ0n) is 18.7. The van der Waals surface area contributed by atoms with E-state index >= 15 is 0 Å². The number of sulfonamides is 2. The topological polar surface area (TPSA) is 130 Å². The predicted octanol–water partition coefficient (Wildman–Crippen LogP) is 2.60. The van der Waals surface area contributed by atoms with E-state index in [0.717, 1.165) is 9.69 Å². The van der Waals surface area contributed by atoms with E-state index in [4.69, 9.17) is 4.74 Å². The summed E-state index contributed by atoms with van der Waals surface area (Å²) in [5.74, 6) is -1.02. The van der Waals surface area contributed by atoms with Crippen LogP contribution in [0.25, 0.3) is 10.8 Å². The van der Waals surface area contributed by atoms with Gasteiger partial charge in [0.05, 0.1) is 22.9 Å². The molecular formula is C24H24N2O7S2. The smallest absolute Gasteiger partial charge is 0.323 e. The fraction of sp³-hybridized carbons (Fsp3) is 0.208. The summed E-state index contributed by atoms with van der Waals surface area (Å²) in [5, 5.41) is 11.6. The molecule has 1 aliphatic heterocycles. The first kappa shape index (κ1) is 24.9. The van der Waals surface area contributed by atoms with E-state index in [-0.39, 0.29) is 22.8 Å². The van der Waals surface area contributed by atoms with Gasteiger partial charge in [0.1, 0.15) is 11.8 Å². The van der Waals surface area contributed by atoms with Gasteiger partial charge in [-0.15, -0.1) is 0 Å². The molecule has 1 aliphatic rings. The van der Waals surface area contributed by atoms with Crippen molar-refractivity contribution in [2.75, 3.05) is 13.7 Å². The first-order valence-electron chi connectivity index (χ1n) is 10.7. The third kappa shape index (κ3) is 5.08. The average Bonchev–Trinajstić information content (AvgIpc) is 3.06. The number of hydrogen-bond donors (Lipinski definition) is 2. The Kier molecular flexibility index (Phi) is 6.95. The number of nitrogens with zero attached hydrogens (tertiary/aromatic N) is 1. The Morgan fingerprint density at radius 2 is 1.60 bits per heavy atom. The molecule has 0 saturated heterocycles. The average molecular weight is 517 g/mol. The molecule has 4 rings (SSSR count). The van der Waals surface area contributed by atoms with Crippen molar-refractivity contribution in [1.29, 1.82) is 0 Å². The van der Waals surface area contributed by atoms with Crippen LogP contribution in [0, 0.1) is 0 Å². The lowest BCUT2D eigenvalue weighted by Crippen LogP contribution is -2.56. The normalized spacial score (nSPS) is 19.3. The fourth-order valence-electron chi connectivity index (χ4n) is 4.00. The Morgan fingerprint density at radius 1 is 0.943 bits per heavy atom. The van der Waals surface area contributed by atoms with Crippen molar-refractivity contribution in [2.24, 2.45) is 0 Å². The Hall–Kier alpha value is -3.25. The maximum atomic E-state index is 13.4. The lowest BCUT2D eigenvalue weighted by atomic mass is 10.1. The van der Waals surface area contributed by atoms with E-state index in [1.165, 1.54) is 49.6 Å². The molecule has 0 saturated carbocycles. The van der Waals surface area contributed by atoms with Gasteiger partial charge in [0.2, 0.25) is 20.0 Å². The zero-order valence-corrected chi connectivity index (χ0v) is 20.4. The van der Waals surface area contributed by atoms with Crippen molar-refractivity contribution >= 4 is 36.8 Å². The van der Waals surface area contributed by atoms with Gasteiger partial charge in [0.15, 0.2) is 0 Å². The molecule has 2 N–H and O–H groups in total. The Morgan fingerprint density at radius 3 is 2.26 bits per heavy atom. The summed E-state index contributed by atoms with van der Waals surface area (Å²) in [6.45, 7) is -0.223. The minimum absolute atomic E-state index is 0.00158. The molecule has 9 nitrogen and oxygen atoms in total. The van der Waals surface area contributed by atoms with Crippen LogP contribution in [0.1, 0.15) is 6.42 Å². The van der Waals surface area contributed by atoms with Gasteiger partial charge >= 0.3 is 5.97 Å². The number of carboxylic acids is 1. The van der Waals surface area contributed by atoms with Crippen LogP contribution in [0.3, 0.4) is 0 Å². The second-order valence-electron chi connectivity index (χ2n) is 7.98. The summed E-state index contributed by atoms with van der Waals surface area (Å²) in [7, 11) is -7.00. The minimum atomic E-state index is -4.28. The number of carboxylic acid groups (broad SMARTS) is 1. The van der Waals surface area contributed by atoms with Crippen molar-refractivity contribution in [2.45, 2.75) is 28.3 Å². The van der Waals surface area contributed by atoms with Gasteiger partial charge in [-0.3, -0.25) is 4.79 Å². The van der Waals surface area contributed by atoms with E-state index in [1.807, 2.05) is 12.1 Å². The Labute approximate surface area is 203 Å². The number of fused-ring (bicyclic) bond motifs is 1. The van der Waals surface area contributed by atoms with Gasteiger partial charge in [-0.2, -0.15) is 4.31 Å². The van der Waals surface area contributed by atoms with Gasteiger partial charge < -0.3 is 9.84 Å². The van der Waals surface area contributed by atoms with Crippen molar-refractivity contribution in [3.05, 3.63) is 78.9 Å². The lowest BCUT2D eigenvalue weighted by molar-refractivity contribution is -0.142. The second kappa shape index (κ2) is 9.78. The van der Waals surface area contributed by atoms with Crippen molar-refractivity contribution in [3.8, 4) is 5.75 Å². The van der Waals surface area contributed by atoms with Gasteiger partial charge in [-0.05, 0) is 53.6 Å². The molecule has 0 radical (unpaired) electrons. The van der Waals surface area contributed by atoms with Crippen LogP contribution in [-0.2, 0) is 24.8 Å². The standard InChI is InChI=1S/C24H24N2O7S2/c1-33-19-10-13-20(14-11-19)35(31,32)26-15-5-4-8-22(23(26)24(27)28)25-34(29,30)21-12-9-17-6-2-3-7-18(17)16-21/h2-7,9-14,16,22-23,25H,8,15H2,1H3,(H,27,28). The van der Waals surface area contributed by atoms with Crippen LogP contribution in [0.2, 0.25) is 0 Å². The number of ether oxygens (including phenoxy) is 1. The molecule has 0 aliphatic carbocycles. The molecule has 35 heavy (non-hydrogen) atoms. The van der Waals surface area contributed by atoms with Crippen LogP contribution < -0.4 is 9.46 Å². The maximum Gasteiger partial charge on any atom is 0.323 e. The molecule has 1 heterocycles. The SMILES string of the molecule is COc1ccc(S(=O)(=O)N2CC=CCC(NS(=O)(=O)c3ccc4ccccc4c3)C2C(=O)O)cc1. The molecule has 0 aromatic heterocycles. The van der Waals surface area contributed by atoms with Crippen LogP contribution in [0.5, 0.6) is 5.75 Å². The third-order valence-corrected chi connectivity index (χ3v) is 9.14. The highest BCUT2D eigenvalue weighted by molar-refractivity contribution is 7.89. The highest BCUT2D eigenvalue weighted by Crippen LogP contribution is 2.26. The molecule has 0 fully saturated rings. The summed E-state index contributed by atoms with van der Waals surface area (Å²) in [6.07, 6.45) is 3.09. The summed E-state index contributed by atoms with van der Waals surface area (Å²) < 4.78 is 61.5. The molecule has 2 unspecified atom stereocenters. The summed E-state index contributed by atoms with van der Waals surface area (Å²) >= 11 is 0. The van der Waals surface area contributed by atoms with E-state index in [0.29, 0.717) is 11.1 Å². The lowest BCUT2D eigenvalue weighted by Gasteiger charge is -2.31. The number of nitrogens with one attached hydrogen (secondary N) is 1. The number of hydrogen-bond acceptors (Lipinski definition) is 6. The molecule has 3 aromatic rings. The second-order valence-corrected chi connectivity index (χ2v) is 11.6. The monoisotopic (exact) mass is 516 g/mol. The van der Waals surface area contributed by atoms with E-state index in [9.17, 15) is 26.7 Å². The number of carbonyl (C=O) groups is 1. The molecule has 184 valence electrons. The molecule has 11 heteroatoms. The van der Waals surface area contributed by atoms with E-state index in [1.54, 1.807) is 24.3 Å². The highest BCUT2D eigenvalue weighted by atomic mass is 32.2. The fourth-order valence-corrected chi connectivity index (χ4v) is 6.86. The Bertz CT molecular complexity index is 1480.